The Kier molecular flexibility index (Phi) is 8.35. The molecule has 12 heteroatoms. The Hall–Kier alpha value is -4.87. The van der Waals surface area contributed by atoms with Crippen LogP contribution in [0.4, 0.5) is 26.3 Å². The molecule has 0 saturated carbocycles. The Bertz CT molecular complexity index is 1810. The summed E-state index contributed by atoms with van der Waals surface area (Å²) in [5.74, 6) is -0.946. The zero-order valence-electron chi connectivity index (χ0n) is 24.2. The van der Waals surface area contributed by atoms with Crippen molar-refractivity contribution in [2.75, 3.05) is 7.11 Å². The van der Waals surface area contributed by atoms with E-state index in [1.54, 1.807) is 25.1 Å². The molecule has 0 spiro atoms. The number of alkyl halides is 6. The Balaban J connectivity index is 1.53. The number of carboxylic acids is 1. The number of benzene rings is 3. The monoisotopic (exact) mass is 628 g/mol. The van der Waals surface area contributed by atoms with Crippen molar-refractivity contribution in [3.63, 3.8) is 0 Å². The normalized spacial score (nSPS) is 15.0. The van der Waals surface area contributed by atoms with Crippen LogP contribution in [0, 0.1) is 13.8 Å². The van der Waals surface area contributed by atoms with Crippen molar-refractivity contribution in [1.29, 1.82) is 0 Å². The number of oxime groups is 1. The van der Waals surface area contributed by atoms with Crippen molar-refractivity contribution in [3.8, 4) is 28.1 Å². The minimum atomic E-state index is -4.65. The van der Waals surface area contributed by atoms with Gasteiger partial charge in [-0.05, 0) is 84.1 Å². The lowest BCUT2D eigenvalue weighted by molar-refractivity contribution is -0.138. The van der Waals surface area contributed by atoms with Crippen molar-refractivity contribution in [2.24, 2.45) is 5.16 Å². The van der Waals surface area contributed by atoms with E-state index in [1.807, 2.05) is 0 Å². The fourth-order valence-electron chi connectivity index (χ4n) is 5.35. The van der Waals surface area contributed by atoms with Crippen molar-refractivity contribution < 1.29 is 45.8 Å². The molecule has 6 nitrogen and oxygen atoms in total. The SMILES string of the molecule is COc1ncc(-c2ccc(C(=O)O)cc2C)cc1-c1ccc(C(F)(F)F)cc1CC1=NO[C@H](c2cc(C)cc(C(F)(F)F)c2)C1. The summed E-state index contributed by atoms with van der Waals surface area (Å²) in [4.78, 5) is 21.2. The van der Waals surface area contributed by atoms with Crippen LogP contribution in [0.5, 0.6) is 5.88 Å². The van der Waals surface area contributed by atoms with Crippen LogP contribution in [0.2, 0.25) is 0 Å². The summed E-state index contributed by atoms with van der Waals surface area (Å²) < 4.78 is 87.1. The summed E-state index contributed by atoms with van der Waals surface area (Å²) in [7, 11) is 1.37. The molecule has 1 aromatic heterocycles. The van der Waals surface area contributed by atoms with Gasteiger partial charge in [-0.2, -0.15) is 26.3 Å². The number of hydrogen-bond acceptors (Lipinski definition) is 5. The molecular formula is C33H26F6N2O4. The molecule has 1 aliphatic rings. The predicted molar refractivity (Wildman–Crippen MR) is 154 cm³/mol. The molecular weight excluding hydrogens is 602 g/mol. The van der Waals surface area contributed by atoms with E-state index in [4.69, 9.17) is 9.57 Å². The molecule has 234 valence electrons. The van der Waals surface area contributed by atoms with E-state index in [-0.39, 0.29) is 35.4 Å². The Morgan fingerprint density at radius 3 is 2.27 bits per heavy atom. The Labute approximate surface area is 253 Å². The summed E-state index contributed by atoms with van der Waals surface area (Å²) in [5.41, 5.74) is 2.22. The molecule has 1 N–H and O–H groups in total. The minimum absolute atomic E-state index is 0.0704. The molecule has 0 aliphatic carbocycles. The number of ether oxygens (including phenoxy) is 1. The first-order valence-electron chi connectivity index (χ1n) is 13.6. The molecule has 0 radical (unpaired) electrons. The van der Waals surface area contributed by atoms with Crippen molar-refractivity contribution in [1.82, 2.24) is 4.98 Å². The topological polar surface area (TPSA) is 81.0 Å². The fraction of sp³-hybridized carbons (Fsp3) is 0.242. The van der Waals surface area contributed by atoms with Gasteiger partial charge in [0.25, 0.3) is 0 Å². The van der Waals surface area contributed by atoms with Gasteiger partial charge in [0.15, 0.2) is 6.10 Å². The number of hydrogen-bond donors (Lipinski definition) is 1. The summed E-state index contributed by atoms with van der Waals surface area (Å²) in [6, 6.07) is 13.1. The molecule has 0 amide bonds. The van der Waals surface area contributed by atoms with Gasteiger partial charge in [0.05, 0.1) is 29.5 Å². The molecule has 1 aliphatic heterocycles. The number of aryl methyl sites for hydroxylation is 2. The number of nitrogens with zero attached hydrogens (tertiary/aromatic N) is 2. The summed E-state index contributed by atoms with van der Waals surface area (Å²) in [5, 5.41) is 13.4. The first kappa shape index (κ1) is 31.6. The van der Waals surface area contributed by atoms with Crippen LogP contribution < -0.4 is 4.74 Å². The predicted octanol–water partition coefficient (Wildman–Crippen LogP) is 8.84. The standard InChI is InChI=1S/C33H26F6N2O4/c1-17-8-21(12-24(9-17)33(37,38)39)29-15-25(41-45-29)13-20-11-23(32(34,35)36)5-7-27(20)28-14-22(16-40-30(28)44-3)26-6-4-19(31(42)43)10-18(26)2/h4-12,14,16,29H,13,15H2,1-3H3,(H,42,43)/t29-/m0/s1. The molecule has 0 unspecified atom stereocenters. The zero-order chi connectivity index (χ0) is 32.7. The van der Waals surface area contributed by atoms with Crippen LogP contribution in [-0.2, 0) is 23.6 Å². The van der Waals surface area contributed by atoms with E-state index in [0.717, 1.165) is 24.3 Å². The van der Waals surface area contributed by atoms with Crippen LogP contribution in [0.15, 0.2) is 72.0 Å². The lowest BCUT2D eigenvalue weighted by Gasteiger charge is -2.17. The second kappa shape index (κ2) is 11.9. The maximum atomic E-state index is 13.8. The molecule has 4 aromatic rings. The zero-order valence-corrected chi connectivity index (χ0v) is 24.2. The number of carboxylic acid groups (broad SMARTS) is 1. The Morgan fingerprint density at radius 1 is 0.911 bits per heavy atom. The first-order valence-corrected chi connectivity index (χ1v) is 13.6. The number of rotatable bonds is 7. The molecule has 0 saturated heterocycles. The number of pyridine rings is 1. The van der Waals surface area contributed by atoms with Crippen LogP contribution in [0.1, 0.15) is 56.3 Å². The average Bonchev–Trinajstić information content (AvgIpc) is 3.44. The van der Waals surface area contributed by atoms with E-state index in [9.17, 15) is 36.2 Å². The molecule has 3 aromatic carbocycles. The van der Waals surface area contributed by atoms with Crippen LogP contribution in [-0.4, -0.2) is 28.9 Å². The van der Waals surface area contributed by atoms with Gasteiger partial charge in [0.1, 0.15) is 0 Å². The van der Waals surface area contributed by atoms with Gasteiger partial charge in [-0.15, -0.1) is 0 Å². The maximum Gasteiger partial charge on any atom is 0.416 e. The number of halogens is 6. The van der Waals surface area contributed by atoms with Crippen LogP contribution in [0.25, 0.3) is 22.3 Å². The molecule has 2 heterocycles. The van der Waals surface area contributed by atoms with E-state index >= 15 is 0 Å². The fourth-order valence-corrected chi connectivity index (χ4v) is 5.35. The molecule has 45 heavy (non-hydrogen) atoms. The van der Waals surface area contributed by atoms with Crippen molar-refractivity contribution >= 4 is 11.7 Å². The molecule has 5 rings (SSSR count). The highest BCUT2D eigenvalue weighted by atomic mass is 19.4. The maximum absolute atomic E-state index is 13.8. The third-order valence-electron chi connectivity index (χ3n) is 7.47. The third kappa shape index (κ3) is 6.79. The van der Waals surface area contributed by atoms with Gasteiger partial charge in [-0.3, -0.25) is 0 Å². The lowest BCUT2D eigenvalue weighted by Crippen LogP contribution is -2.10. The molecule has 0 fully saturated rings. The highest BCUT2D eigenvalue weighted by Gasteiger charge is 2.34. The van der Waals surface area contributed by atoms with Gasteiger partial charge in [-0.1, -0.05) is 28.9 Å². The van der Waals surface area contributed by atoms with Gasteiger partial charge >= 0.3 is 18.3 Å². The Morgan fingerprint density at radius 2 is 1.62 bits per heavy atom. The van der Waals surface area contributed by atoms with E-state index in [2.05, 4.69) is 10.1 Å². The lowest BCUT2D eigenvalue weighted by atomic mass is 9.91. The van der Waals surface area contributed by atoms with Gasteiger partial charge < -0.3 is 14.7 Å². The largest absolute Gasteiger partial charge is 0.481 e. The van der Waals surface area contributed by atoms with Crippen LogP contribution in [0.3, 0.4) is 0 Å². The third-order valence-corrected chi connectivity index (χ3v) is 7.47. The smallest absolute Gasteiger partial charge is 0.416 e. The van der Waals surface area contributed by atoms with Gasteiger partial charge in [0.2, 0.25) is 5.88 Å². The van der Waals surface area contributed by atoms with E-state index < -0.39 is 35.6 Å². The van der Waals surface area contributed by atoms with Gasteiger partial charge in [0, 0.05) is 30.2 Å². The summed E-state index contributed by atoms with van der Waals surface area (Å²) >= 11 is 0. The summed E-state index contributed by atoms with van der Waals surface area (Å²) in [6.07, 6.45) is -8.55. The van der Waals surface area contributed by atoms with Crippen molar-refractivity contribution in [2.45, 2.75) is 45.1 Å². The first-order chi connectivity index (χ1) is 21.1. The second-order valence-electron chi connectivity index (χ2n) is 10.7. The second-order valence-corrected chi connectivity index (χ2v) is 10.7. The highest BCUT2D eigenvalue weighted by molar-refractivity contribution is 5.91. The van der Waals surface area contributed by atoms with Gasteiger partial charge in [-0.25, -0.2) is 9.78 Å². The molecule has 1 atom stereocenters. The summed E-state index contributed by atoms with van der Waals surface area (Å²) in [6.45, 7) is 3.26. The quantitative estimate of drug-likeness (QED) is 0.207. The van der Waals surface area contributed by atoms with Crippen molar-refractivity contribution in [3.05, 3.63) is 106 Å². The minimum Gasteiger partial charge on any atom is -0.481 e. The van der Waals surface area contributed by atoms with Crippen LogP contribution >= 0.6 is 0 Å². The van der Waals surface area contributed by atoms with E-state index in [0.29, 0.717) is 39.1 Å². The number of aromatic nitrogens is 1. The number of aromatic carboxylic acids is 1. The number of carbonyl (C=O) groups is 1. The van der Waals surface area contributed by atoms with E-state index in [1.165, 1.54) is 38.4 Å². The number of methoxy groups -OCH3 is 1. The highest BCUT2D eigenvalue weighted by Crippen LogP contribution is 2.40. The molecule has 0 bridgehead atoms. The average molecular weight is 629 g/mol.